The Hall–Kier alpha value is -2.15. The highest BCUT2D eigenvalue weighted by Gasteiger charge is 2.31. The van der Waals surface area contributed by atoms with Crippen molar-refractivity contribution in [3.05, 3.63) is 22.7 Å². The molecule has 0 spiro atoms. The zero-order chi connectivity index (χ0) is 18.7. The summed E-state index contributed by atoms with van der Waals surface area (Å²) in [6.07, 6.45) is 3.48. The van der Waals surface area contributed by atoms with Gasteiger partial charge >= 0.3 is 5.97 Å². The Morgan fingerprint density at radius 3 is 2.92 bits per heavy atom. The highest BCUT2D eigenvalue weighted by Crippen LogP contribution is 2.34. The van der Waals surface area contributed by atoms with Crippen LogP contribution < -0.4 is 5.73 Å². The second-order valence-corrected chi connectivity index (χ2v) is 7.59. The molecule has 1 saturated heterocycles. The van der Waals surface area contributed by atoms with Crippen LogP contribution in [0.2, 0.25) is 0 Å². The lowest BCUT2D eigenvalue weighted by atomic mass is 9.98. The van der Waals surface area contributed by atoms with Gasteiger partial charge in [-0.05, 0) is 38.3 Å². The Morgan fingerprint density at radius 2 is 2.19 bits per heavy atom. The molecule has 2 aromatic rings. The number of thiophene rings is 1. The Morgan fingerprint density at radius 1 is 1.38 bits per heavy atom. The summed E-state index contributed by atoms with van der Waals surface area (Å²) >= 11 is 1.34. The predicted molar refractivity (Wildman–Crippen MR) is 103 cm³/mol. The summed E-state index contributed by atoms with van der Waals surface area (Å²) in [6, 6.07) is 3.93. The number of nitrogens with zero attached hydrogens (tertiary/aromatic N) is 2. The molecular formula is C19H25N3O3S. The molecule has 3 heterocycles. The molecule has 6 nitrogen and oxygen atoms in total. The number of carbonyl (C=O) groups is 2. The normalized spacial score (nSPS) is 17.5. The van der Waals surface area contributed by atoms with E-state index in [-0.39, 0.29) is 17.8 Å². The number of piperidine rings is 1. The van der Waals surface area contributed by atoms with Gasteiger partial charge in [0.1, 0.15) is 9.71 Å². The van der Waals surface area contributed by atoms with Gasteiger partial charge in [0.2, 0.25) is 0 Å². The van der Waals surface area contributed by atoms with Crippen molar-refractivity contribution in [3.63, 3.8) is 0 Å². The van der Waals surface area contributed by atoms with Crippen molar-refractivity contribution in [2.45, 2.75) is 39.5 Å². The fourth-order valence-electron chi connectivity index (χ4n) is 3.35. The monoisotopic (exact) mass is 375 g/mol. The van der Waals surface area contributed by atoms with Crippen LogP contribution in [0.5, 0.6) is 0 Å². The highest BCUT2D eigenvalue weighted by molar-refractivity contribution is 7.21. The zero-order valence-corrected chi connectivity index (χ0v) is 16.1. The minimum absolute atomic E-state index is 0.114. The third-order valence-corrected chi connectivity index (χ3v) is 5.78. The number of hydrogen-bond donors (Lipinski definition) is 1. The minimum atomic E-state index is -0.252. The fraction of sp³-hybridized carbons (Fsp3) is 0.526. The van der Waals surface area contributed by atoms with Crippen molar-refractivity contribution in [1.82, 2.24) is 9.88 Å². The van der Waals surface area contributed by atoms with Crippen molar-refractivity contribution >= 4 is 39.1 Å². The largest absolute Gasteiger partial charge is 0.466 e. The molecule has 1 aliphatic rings. The number of ether oxygens (including phenoxy) is 1. The lowest BCUT2D eigenvalue weighted by Crippen LogP contribution is -2.42. The van der Waals surface area contributed by atoms with Gasteiger partial charge in [-0.25, -0.2) is 4.98 Å². The zero-order valence-electron chi connectivity index (χ0n) is 15.3. The van der Waals surface area contributed by atoms with Gasteiger partial charge in [0.05, 0.1) is 18.2 Å². The van der Waals surface area contributed by atoms with E-state index in [1.165, 1.54) is 11.3 Å². The van der Waals surface area contributed by atoms with Crippen molar-refractivity contribution < 1.29 is 14.3 Å². The van der Waals surface area contributed by atoms with Gasteiger partial charge in [0.15, 0.2) is 0 Å². The number of esters is 1. The molecule has 0 aliphatic carbocycles. The van der Waals surface area contributed by atoms with Crippen LogP contribution in [0.3, 0.4) is 0 Å². The van der Waals surface area contributed by atoms with Crippen LogP contribution >= 0.6 is 11.3 Å². The average molecular weight is 375 g/mol. The van der Waals surface area contributed by atoms with Gasteiger partial charge in [-0.15, -0.1) is 11.3 Å². The van der Waals surface area contributed by atoms with Crippen LogP contribution in [0.4, 0.5) is 5.69 Å². The molecule has 2 aromatic heterocycles. The van der Waals surface area contributed by atoms with E-state index >= 15 is 0 Å². The van der Waals surface area contributed by atoms with Crippen molar-refractivity contribution in [3.8, 4) is 0 Å². The molecule has 26 heavy (non-hydrogen) atoms. The molecule has 1 amide bonds. The van der Waals surface area contributed by atoms with E-state index < -0.39 is 0 Å². The fourth-order valence-corrected chi connectivity index (χ4v) is 4.43. The second-order valence-electron chi connectivity index (χ2n) is 6.59. The summed E-state index contributed by atoms with van der Waals surface area (Å²) in [5.74, 6) is -0.589. The van der Waals surface area contributed by atoms with Crippen molar-refractivity contribution in [2.75, 3.05) is 25.4 Å². The number of pyridine rings is 1. The lowest BCUT2D eigenvalue weighted by Gasteiger charge is -2.31. The molecule has 0 aromatic carbocycles. The highest BCUT2D eigenvalue weighted by atomic mass is 32.1. The number of amides is 1. The van der Waals surface area contributed by atoms with Crippen LogP contribution in [0.15, 0.2) is 12.1 Å². The smallest absolute Gasteiger partial charge is 0.310 e. The Labute approximate surface area is 157 Å². The molecule has 0 saturated carbocycles. The van der Waals surface area contributed by atoms with Crippen LogP contribution in [0, 0.1) is 5.92 Å². The van der Waals surface area contributed by atoms with E-state index in [1.54, 1.807) is 11.8 Å². The molecule has 0 bridgehead atoms. The topological polar surface area (TPSA) is 85.5 Å². The molecule has 1 aliphatic heterocycles. The molecule has 1 fully saturated rings. The van der Waals surface area contributed by atoms with Crippen molar-refractivity contribution in [1.29, 1.82) is 0 Å². The Balaban J connectivity index is 1.82. The number of anilines is 1. The number of carbonyl (C=O) groups excluding carboxylic acids is 2. The molecular weight excluding hydrogens is 350 g/mol. The maximum Gasteiger partial charge on any atom is 0.310 e. The van der Waals surface area contributed by atoms with E-state index in [9.17, 15) is 9.59 Å². The summed E-state index contributed by atoms with van der Waals surface area (Å²) in [4.78, 5) is 32.7. The number of aromatic nitrogens is 1. The van der Waals surface area contributed by atoms with E-state index in [1.807, 2.05) is 12.1 Å². The molecule has 3 rings (SSSR count). The first kappa shape index (κ1) is 18.6. The molecule has 2 N–H and O–H groups in total. The maximum absolute atomic E-state index is 13.0. The van der Waals surface area contributed by atoms with Crippen LogP contribution in [-0.2, 0) is 16.0 Å². The lowest BCUT2D eigenvalue weighted by molar-refractivity contribution is -0.149. The van der Waals surface area contributed by atoms with Crippen LogP contribution in [0.1, 0.15) is 48.5 Å². The number of nitrogen functional groups attached to an aromatic ring is 1. The summed E-state index contributed by atoms with van der Waals surface area (Å²) in [7, 11) is 0. The van der Waals surface area contributed by atoms with Gasteiger partial charge in [-0.2, -0.15) is 0 Å². The molecule has 1 atom stereocenters. The number of nitrogens with two attached hydrogens (primary N) is 1. The maximum atomic E-state index is 13.0. The first-order chi connectivity index (χ1) is 12.5. The first-order valence-corrected chi connectivity index (χ1v) is 10.0. The van der Waals surface area contributed by atoms with E-state index in [0.29, 0.717) is 30.3 Å². The van der Waals surface area contributed by atoms with E-state index in [2.05, 4.69) is 11.9 Å². The average Bonchev–Trinajstić information content (AvgIpc) is 2.98. The Bertz CT molecular complexity index is 818. The summed E-state index contributed by atoms with van der Waals surface area (Å²) in [5, 5.41) is 0.831. The molecule has 0 radical (unpaired) electrons. The third-order valence-electron chi connectivity index (χ3n) is 4.68. The molecule has 1 unspecified atom stereocenters. The van der Waals surface area contributed by atoms with Gasteiger partial charge < -0.3 is 15.4 Å². The number of hydrogen-bond acceptors (Lipinski definition) is 6. The number of fused-ring (bicyclic) bond motifs is 1. The summed E-state index contributed by atoms with van der Waals surface area (Å²) in [6.45, 7) is 5.29. The predicted octanol–water partition coefficient (Wildman–Crippen LogP) is 3.25. The third kappa shape index (κ3) is 3.67. The van der Waals surface area contributed by atoms with E-state index in [0.717, 1.165) is 41.6 Å². The van der Waals surface area contributed by atoms with E-state index in [4.69, 9.17) is 10.5 Å². The van der Waals surface area contributed by atoms with Gasteiger partial charge in [0.25, 0.3) is 5.91 Å². The van der Waals surface area contributed by atoms with Crippen LogP contribution in [0.25, 0.3) is 10.2 Å². The van der Waals surface area contributed by atoms with Gasteiger partial charge in [0, 0.05) is 24.2 Å². The number of aryl methyl sites for hydroxylation is 1. The van der Waals surface area contributed by atoms with Gasteiger partial charge in [-0.3, -0.25) is 9.59 Å². The second kappa shape index (κ2) is 8.03. The minimum Gasteiger partial charge on any atom is -0.466 e. The summed E-state index contributed by atoms with van der Waals surface area (Å²) < 4.78 is 5.11. The standard InChI is InChI=1S/C19H25N3O3S/c1-3-6-13-8-9-14-15(20)16(26-17(14)21-13)18(23)22-10-5-7-12(11-22)19(24)25-4-2/h8-9,12H,3-7,10-11,20H2,1-2H3. The molecule has 140 valence electrons. The number of likely N-dealkylation sites (tertiary alicyclic amines) is 1. The van der Waals surface area contributed by atoms with Crippen LogP contribution in [-0.4, -0.2) is 41.5 Å². The Kier molecular flexibility index (Phi) is 5.76. The van der Waals surface area contributed by atoms with Gasteiger partial charge in [-0.1, -0.05) is 13.3 Å². The SMILES string of the molecule is CCCc1ccc2c(N)c(C(=O)N3CCCC(C(=O)OCC)C3)sc2n1. The quantitative estimate of drug-likeness (QED) is 0.811. The summed E-state index contributed by atoms with van der Waals surface area (Å²) in [5.41, 5.74) is 7.75. The number of rotatable bonds is 5. The van der Waals surface area contributed by atoms with Crippen molar-refractivity contribution in [2.24, 2.45) is 5.92 Å². The molecule has 7 heteroatoms. The first-order valence-electron chi connectivity index (χ1n) is 9.18.